The van der Waals surface area contributed by atoms with Gasteiger partial charge in [-0.1, -0.05) is 13.8 Å². The number of nitrogens with zero attached hydrogens (tertiary/aromatic N) is 2. The van der Waals surface area contributed by atoms with Crippen LogP contribution in [0.25, 0.3) is 0 Å². The summed E-state index contributed by atoms with van der Waals surface area (Å²) in [7, 11) is 0. The van der Waals surface area contributed by atoms with E-state index in [0.717, 1.165) is 23.7 Å². The SMILES string of the molecule is CCCc1nc(N)cc(SC(C)CO)n1. The fourth-order valence-corrected chi connectivity index (χ4v) is 1.97. The van der Waals surface area contributed by atoms with Gasteiger partial charge in [0.2, 0.25) is 0 Å². The fourth-order valence-electron chi connectivity index (χ4n) is 1.13. The number of aromatic nitrogens is 2. The molecule has 1 unspecified atom stereocenters. The standard InChI is InChI=1S/C10H17N3OS/c1-3-4-9-12-8(11)5-10(13-9)15-7(2)6-14/h5,7,14H,3-4,6H2,1-2H3,(H2,11,12,13). The van der Waals surface area contributed by atoms with Gasteiger partial charge in [0.15, 0.2) is 0 Å². The topological polar surface area (TPSA) is 72.0 Å². The molecule has 84 valence electrons. The second-order valence-electron chi connectivity index (χ2n) is 3.41. The van der Waals surface area contributed by atoms with E-state index in [-0.39, 0.29) is 11.9 Å². The predicted octanol–water partition coefficient (Wildman–Crippen LogP) is 1.48. The molecule has 0 spiro atoms. The van der Waals surface area contributed by atoms with E-state index in [1.54, 1.807) is 6.07 Å². The maximum Gasteiger partial charge on any atom is 0.132 e. The summed E-state index contributed by atoms with van der Waals surface area (Å²) in [6, 6.07) is 1.75. The van der Waals surface area contributed by atoms with Gasteiger partial charge in [-0.05, 0) is 6.42 Å². The van der Waals surface area contributed by atoms with Gasteiger partial charge in [-0.25, -0.2) is 9.97 Å². The zero-order valence-electron chi connectivity index (χ0n) is 9.10. The summed E-state index contributed by atoms with van der Waals surface area (Å²) in [4.78, 5) is 8.52. The molecule has 1 rings (SSSR count). The highest BCUT2D eigenvalue weighted by atomic mass is 32.2. The van der Waals surface area contributed by atoms with Gasteiger partial charge in [0.05, 0.1) is 6.61 Å². The van der Waals surface area contributed by atoms with E-state index < -0.39 is 0 Å². The molecule has 0 aromatic carbocycles. The van der Waals surface area contributed by atoms with Crippen LogP contribution in [-0.2, 0) is 6.42 Å². The quantitative estimate of drug-likeness (QED) is 0.589. The maximum atomic E-state index is 8.94. The van der Waals surface area contributed by atoms with Crippen LogP contribution in [0, 0.1) is 0 Å². The minimum absolute atomic E-state index is 0.133. The second kappa shape index (κ2) is 5.92. The van der Waals surface area contributed by atoms with Crippen molar-refractivity contribution in [3.63, 3.8) is 0 Å². The van der Waals surface area contributed by atoms with Crippen molar-refractivity contribution < 1.29 is 5.11 Å². The summed E-state index contributed by atoms with van der Waals surface area (Å²) < 4.78 is 0. The van der Waals surface area contributed by atoms with Crippen LogP contribution in [-0.4, -0.2) is 26.9 Å². The molecule has 0 bridgehead atoms. The Morgan fingerprint density at radius 3 is 2.87 bits per heavy atom. The Bertz CT molecular complexity index is 320. The van der Waals surface area contributed by atoms with E-state index >= 15 is 0 Å². The van der Waals surface area contributed by atoms with Gasteiger partial charge in [0.25, 0.3) is 0 Å². The Labute approximate surface area is 94.3 Å². The molecule has 1 atom stereocenters. The molecule has 3 N–H and O–H groups in total. The van der Waals surface area contributed by atoms with Gasteiger partial charge in [-0.3, -0.25) is 0 Å². The number of anilines is 1. The van der Waals surface area contributed by atoms with Crippen LogP contribution in [0.5, 0.6) is 0 Å². The van der Waals surface area contributed by atoms with E-state index in [0.29, 0.717) is 5.82 Å². The van der Waals surface area contributed by atoms with Gasteiger partial charge >= 0.3 is 0 Å². The summed E-state index contributed by atoms with van der Waals surface area (Å²) in [5.74, 6) is 1.28. The van der Waals surface area contributed by atoms with Crippen molar-refractivity contribution >= 4 is 17.6 Å². The van der Waals surface area contributed by atoms with Gasteiger partial charge in [0, 0.05) is 17.7 Å². The highest BCUT2D eigenvalue weighted by Crippen LogP contribution is 2.22. The van der Waals surface area contributed by atoms with E-state index in [9.17, 15) is 0 Å². The molecule has 5 heteroatoms. The van der Waals surface area contributed by atoms with Crippen LogP contribution >= 0.6 is 11.8 Å². The summed E-state index contributed by atoms with van der Waals surface area (Å²) in [6.45, 7) is 4.16. The van der Waals surface area contributed by atoms with Crippen LogP contribution < -0.4 is 5.73 Å². The molecule has 0 radical (unpaired) electrons. The number of aliphatic hydroxyl groups is 1. The lowest BCUT2D eigenvalue weighted by atomic mass is 10.3. The average molecular weight is 227 g/mol. The first-order valence-electron chi connectivity index (χ1n) is 5.06. The number of rotatable bonds is 5. The lowest BCUT2D eigenvalue weighted by Crippen LogP contribution is -2.05. The first-order valence-corrected chi connectivity index (χ1v) is 5.94. The smallest absolute Gasteiger partial charge is 0.132 e. The van der Waals surface area contributed by atoms with Crippen molar-refractivity contribution in [2.45, 2.75) is 37.0 Å². The lowest BCUT2D eigenvalue weighted by Gasteiger charge is -2.08. The Morgan fingerprint density at radius 2 is 2.27 bits per heavy atom. The monoisotopic (exact) mass is 227 g/mol. The molecule has 1 heterocycles. The minimum Gasteiger partial charge on any atom is -0.395 e. The number of hydrogen-bond donors (Lipinski definition) is 2. The molecule has 0 saturated heterocycles. The van der Waals surface area contributed by atoms with Crippen molar-refractivity contribution in [3.05, 3.63) is 11.9 Å². The number of aryl methyl sites for hydroxylation is 1. The molecular weight excluding hydrogens is 210 g/mol. The summed E-state index contributed by atoms with van der Waals surface area (Å²) in [5, 5.41) is 9.92. The van der Waals surface area contributed by atoms with E-state index in [4.69, 9.17) is 10.8 Å². The molecular formula is C10H17N3OS. The number of nitrogen functional groups attached to an aromatic ring is 1. The minimum atomic E-state index is 0.133. The summed E-state index contributed by atoms with van der Waals surface area (Å²) >= 11 is 1.52. The predicted molar refractivity (Wildman–Crippen MR) is 62.8 cm³/mol. The molecule has 0 fully saturated rings. The van der Waals surface area contributed by atoms with Crippen LogP contribution in [0.1, 0.15) is 26.1 Å². The third-order valence-electron chi connectivity index (χ3n) is 1.82. The first-order chi connectivity index (χ1) is 7.15. The zero-order chi connectivity index (χ0) is 11.3. The summed E-state index contributed by atoms with van der Waals surface area (Å²) in [5.41, 5.74) is 5.68. The third-order valence-corrected chi connectivity index (χ3v) is 2.82. The largest absolute Gasteiger partial charge is 0.395 e. The number of hydrogen-bond acceptors (Lipinski definition) is 5. The van der Waals surface area contributed by atoms with Gasteiger partial charge < -0.3 is 10.8 Å². The molecule has 0 aliphatic carbocycles. The lowest BCUT2D eigenvalue weighted by molar-refractivity contribution is 0.300. The van der Waals surface area contributed by atoms with Crippen LogP contribution in [0.4, 0.5) is 5.82 Å². The van der Waals surface area contributed by atoms with Crippen molar-refractivity contribution in [1.82, 2.24) is 9.97 Å². The van der Waals surface area contributed by atoms with Crippen LogP contribution in [0.2, 0.25) is 0 Å². The van der Waals surface area contributed by atoms with Crippen molar-refractivity contribution in [1.29, 1.82) is 0 Å². The number of aliphatic hydroxyl groups excluding tert-OH is 1. The van der Waals surface area contributed by atoms with E-state index in [1.165, 1.54) is 11.8 Å². The molecule has 0 saturated carbocycles. The Balaban J connectivity index is 2.78. The van der Waals surface area contributed by atoms with E-state index in [2.05, 4.69) is 16.9 Å². The highest BCUT2D eigenvalue weighted by molar-refractivity contribution is 7.99. The molecule has 0 amide bonds. The molecule has 4 nitrogen and oxygen atoms in total. The second-order valence-corrected chi connectivity index (χ2v) is 4.87. The first kappa shape index (κ1) is 12.3. The molecule has 0 aliphatic heterocycles. The molecule has 1 aromatic heterocycles. The molecule has 0 aliphatic rings. The molecule has 15 heavy (non-hydrogen) atoms. The van der Waals surface area contributed by atoms with Crippen LogP contribution in [0.3, 0.4) is 0 Å². The van der Waals surface area contributed by atoms with Gasteiger partial charge in [-0.2, -0.15) is 0 Å². The van der Waals surface area contributed by atoms with Gasteiger partial charge in [-0.15, -0.1) is 11.8 Å². The highest BCUT2D eigenvalue weighted by Gasteiger charge is 2.07. The van der Waals surface area contributed by atoms with E-state index in [1.807, 2.05) is 6.92 Å². The number of thioether (sulfide) groups is 1. The Hall–Kier alpha value is -0.810. The Kier molecular flexibility index (Phi) is 4.84. The Morgan fingerprint density at radius 1 is 1.53 bits per heavy atom. The van der Waals surface area contributed by atoms with Crippen molar-refractivity contribution in [2.75, 3.05) is 12.3 Å². The fraction of sp³-hybridized carbons (Fsp3) is 0.600. The van der Waals surface area contributed by atoms with Gasteiger partial charge in [0.1, 0.15) is 16.7 Å². The summed E-state index contributed by atoms with van der Waals surface area (Å²) in [6.07, 6.45) is 1.84. The van der Waals surface area contributed by atoms with Crippen molar-refractivity contribution in [3.8, 4) is 0 Å². The average Bonchev–Trinajstić information content (AvgIpc) is 2.17. The zero-order valence-corrected chi connectivity index (χ0v) is 9.92. The van der Waals surface area contributed by atoms with Crippen LogP contribution in [0.15, 0.2) is 11.1 Å². The third kappa shape index (κ3) is 4.05. The van der Waals surface area contributed by atoms with Crippen molar-refractivity contribution in [2.24, 2.45) is 0 Å². The number of nitrogens with two attached hydrogens (primary N) is 1. The maximum absolute atomic E-state index is 8.94. The normalized spacial score (nSPS) is 12.7. The molecule has 1 aromatic rings.